The number of hydrogen-bond acceptors (Lipinski definition) is 4. The molecule has 0 bridgehead atoms. The van der Waals surface area contributed by atoms with Gasteiger partial charge in [0.1, 0.15) is 5.75 Å². The molecule has 0 saturated heterocycles. The lowest BCUT2D eigenvalue weighted by Crippen LogP contribution is -2.38. The summed E-state index contributed by atoms with van der Waals surface area (Å²) in [5, 5.41) is 3.14. The van der Waals surface area contributed by atoms with Crippen molar-refractivity contribution in [2.45, 2.75) is 26.3 Å². The van der Waals surface area contributed by atoms with Gasteiger partial charge in [0.2, 0.25) is 10.0 Å². The molecule has 0 amide bonds. The molecule has 1 aliphatic heterocycles. The first-order chi connectivity index (χ1) is 9.50. The van der Waals surface area contributed by atoms with Gasteiger partial charge in [-0.2, -0.15) is 0 Å². The monoisotopic (exact) mass is 298 g/mol. The fraction of sp³-hybridized carbons (Fsp3) is 0.571. The smallest absolute Gasteiger partial charge is 0.236 e. The number of para-hydroxylation sites is 2. The molecule has 6 heteroatoms. The van der Waals surface area contributed by atoms with E-state index in [2.05, 4.69) is 5.32 Å². The lowest BCUT2D eigenvalue weighted by molar-refractivity contribution is 0.322. The van der Waals surface area contributed by atoms with Gasteiger partial charge in [-0.1, -0.05) is 26.0 Å². The van der Waals surface area contributed by atoms with Crippen LogP contribution >= 0.6 is 0 Å². The zero-order chi connectivity index (χ0) is 14.6. The van der Waals surface area contributed by atoms with Crippen LogP contribution in [0.1, 0.15) is 20.3 Å². The van der Waals surface area contributed by atoms with Crippen molar-refractivity contribution < 1.29 is 13.2 Å². The average Bonchev–Trinajstić information content (AvgIpc) is 2.60. The molecule has 1 heterocycles. The van der Waals surface area contributed by atoms with E-state index in [4.69, 9.17) is 4.74 Å². The Hall–Kier alpha value is -1.27. The van der Waals surface area contributed by atoms with Crippen LogP contribution in [0, 0.1) is 0 Å². The Morgan fingerprint density at radius 2 is 2.10 bits per heavy atom. The van der Waals surface area contributed by atoms with Crippen molar-refractivity contribution in [3.05, 3.63) is 24.3 Å². The fourth-order valence-corrected chi connectivity index (χ4v) is 3.63. The van der Waals surface area contributed by atoms with E-state index in [0.717, 1.165) is 0 Å². The molecule has 0 fully saturated rings. The van der Waals surface area contributed by atoms with Crippen LogP contribution in [-0.2, 0) is 10.0 Å². The van der Waals surface area contributed by atoms with Crippen LogP contribution in [0.25, 0.3) is 0 Å². The zero-order valence-electron chi connectivity index (χ0n) is 12.0. The van der Waals surface area contributed by atoms with Crippen molar-refractivity contribution in [3.63, 3.8) is 0 Å². The minimum atomic E-state index is -3.32. The molecule has 1 aromatic carbocycles. The van der Waals surface area contributed by atoms with Crippen molar-refractivity contribution in [2.75, 3.05) is 29.8 Å². The molecule has 0 aromatic heterocycles. The van der Waals surface area contributed by atoms with Gasteiger partial charge in [-0.25, -0.2) is 8.42 Å². The van der Waals surface area contributed by atoms with Gasteiger partial charge in [-0.05, 0) is 12.1 Å². The third-order valence-electron chi connectivity index (χ3n) is 3.15. The lowest BCUT2D eigenvalue weighted by atomic mass is 10.3. The van der Waals surface area contributed by atoms with E-state index in [9.17, 15) is 8.42 Å². The second kappa shape index (κ2) is 6.45. The summed E-state index contributed by atoms with van der Waals surface area (Å²) in [5.41, 5.74) is 0.648. The Morgan fingerprint density at radius 3 is 2.85 bits per heavy atom. The maximum Gasteiger partial charge on any atom is 0.236 e. The number of benzene rings is 1. The van der Waals surface area contributed by atoms with E-state index in [1.165, 1.54) is 4.31 Å². The van der Waals surface area contributed by atoms with Gasteiger partial charge in [-0.3, -0.25) is 4.31 Å². The predicted octanol–water partition coefficient (Wildman–Crippen LogP) is 1.60. The Kier molecular flexibility index (Phi) is 4.88. The van der Waals surface area contributed by atoms with Gasteiger partial charge in [-0.15, -0.1) is 0 Å². The SMILES string of the molecule is CC(C)NCCS(=O)(=O)N1CCCOc2ccccc21. The molecular weight excluding hydrogens is 276 g/mol. The van der Waals surface area contributed by atoms with E-state index >= 15 is 0 Å². The van der Waals surface area contributed by atoms with Crippen LogP contribution in [0.4, 0.5) is 5.69 Å². The van der Waals surface area contributed by atoms with Crippen molar-refractivity contribution >= 4 is 15.7 Å². The van der Waals surface area contributed by atoms with E-state index in [1.54, 1.807) is 6.07 Å². The predicted molar refractivity (Wildman–Crippen MR) is 80.8 cm³/mol. The summed E-state index contributed by atoms with van der Waals surface area (Å²) in [6.45, 7) is 5.48. The Balaban J connectivity index is 2.18. The maximum atomic E-state index is 12.5. The molecule has 0 unspecified atom stereocenters. The van der Waals surface area contributed by atoms with Gasteiger partial charge < -0.3 is 10.1 Å². The number of rotatable bonds is 5. The highest BCUT2D eigenvalue weighted by Gasteiger charge is 2.26. The van der Waals surface area contributed by atoms with E-state index < -0.39 is 10.0 Å². The minimum Gasteiger partial charge on any atom is -0.491 e. The molecule has 1 aliphatic rings. The standard InChI is InChI=1S/C14H22N2O3S/c1-12(2)15-8-11-20(17,18)16-9-5-10-19-14-7-4-3-6-13(14)16/h3-4,6-7,12,15H,5,8-11H2,1-2H3. The third kappa shape index (κ3) is 3.64. The molecule has 0 radical (unpaired) electrons. The summed E-state index contributed by atoms with van der Waals surface area (Å²) >= 11 is 0. The molecule has 0 atom stereocenters. The molecule has 112 valence electrons. The van der Waals surface area contributed by atoms with Crippen molar-refractivity contribution in [1.82, 2.24) is 5.32 Å². The molecule has 2 rings (SSSR count). The Labute approximate surface area is 121 Å². The van der Waals surface area contributed by atoms with Gasteiger partial charge in [0.25, 0.3) is 0 Å². The normalized spacial score (nSPS) is 15.7. The summed E-state index contributed by atoms with van der Waals surface area (Å²) < 4.78 is 32.1. The third-order valence-corrected chi connectivity index (χ3v) is 4.92. The largest absolute Gasteiger partial charge is 0.491 e. The van der Waals surface area contributed by atoms with Gasteiger partial charge >= 0.3 is 0 Å². The molecular formula is C14H22N2O3S. The first-order valence-electron chi connectivity index (χ1n) is 6.96. The Morgan fingerprint density at radius 1 is 1.35 bits per heavy atom. The molecule has 1 N–H and O–H groups in total. The number of hydrogen-bond donors (Lipinski definition) is 1. The molecule has 5 nitrogen and oxygen atoms in total. The highest BCUT2D eigenvalue weighted by Crippen LogP contribution is 2.32. The van der Waals surface area contributed by atoms with Crippen LogP contribution in [-0.4, -0.2) is 39.9 Å². The Bertz CT molecular complexity index is 543. The summed E-state index contributed by atoms with van der Waals surface area (Å²) in [6.07, 6.45) is 0.700. The van der Waals surface area contributed by atoms with Gasteiger partial charge in [0, 0.05) is 25.6 Å². The minimum absolute atomic E-state index is 0.0967. The van der Waals surface area contributed by atoms with E-state index in [1.807, 2.05) is 32.0 Å². The number of nitrogens with one attached hydrogen (secondary N) is 1. The molecule has 0 aliphatic carbocycles. The zero-order valence-corrected chi connectivity index (χ0v) is 12.8. The highest BCUT2D eigenvalue weighted by atomic mass is 32.2. The topological polar surface area (TPSA) is 58.6 Å². The number of ether oxygens (including phenoxy) is 1. The molecule has 0 saturated carbocycles. The average molecular weight is 298 g/mol. The van der Waals surface area contributed by atoms with Crippen LogP contribution in [0.15, 0.2) is 24.3 Å². The highest BCUT2D eigenvalue weighted by molar-refractivity contribution is 7.92. The first-order valence-corrected chi connectivity index (χ1v) is 8.57. The van der Waals surface area contributed by atoms with Crippen LogP contribution in [0.3, 0.4) is 0 Å². The van der Waals surface area contributed by atoms with Crippen molar-refractivity contribution in [3.8, 4) is 5.75 Å². The van der Waals surface area contributed by atoms with Gasteiger partial charge in [0.05, 0.1) is 18.0 Å². The van der Waals surface area contributed by atoms with Crippen LogP contribution in [0.5, 0.6) is 5.75 Å². The number of nitrogens with zero attached hydrogens (tertiary/aromatic N) is 1. The second-order valence-corrected chi connectivity index (χ2v) is 7.18. The van der Waals surface area contributed by atoms with Crippen molar-refractivity contribution in [1.29, 1.82) is 0 Å². The van der Waals surface area contributed by atoms with Crippen LogP contribution < -0.4 is 14.4 Å². The van der Waals surface area contributed by atoms with Crippen molar-refractivity contribution in [2.24, 2.45) is 0 Å². The number of sulfonamides is 1. The van der Waals surface area contributed by atoms with Crippen LogP contribution in [0.2, 0.25) is 0 Å². The molecule has 0 spiro atoms. The summed E-state index contributed by atoms with van der Waals surface area (Å²) in [5.74, 6) is 0.741. The quantitative estimate of drug-likeness (QED) is 0.897. The first kappa shape index (κ1) is 15.1. The van der Waals surface area contributed by atoms with E-state index in [-0.39, 0.29) is 11.8 Å². The van der Waals surface area contributed by atoms with E-state index in [0.29, 0.717) is 37.6 Å². The summed E-state index contributed by atoms with van der Waals surface area (Å²) in [4.78, 5) is 0. The molecule has 20 heavy (non-hydrogen) atoms. The lowest BCUT2D eigenvalue weighted by Gasteiger charge is -2.23. The number of anilines is 1. The summed E-state index contributed by atoms with van der Waals surface area (Å²) in [6, 6.07) is 7.59. The fourth-order valence-electron chi connectivity index (χ4n) is 2.17. The number of fused-ring (bicyclic) bond motifs is 1. The van der Waals surface area contributed by atoms with Gasteiger partial charge in [0.15, 0.2) is 0 Å². The summed E-state index contributed by atoms with van der Waals surface area (Å²) in [7, 11) is -3.32. The molecule has 1 aromatic rings. The maximum absolute atomic E-state index is 12.5. The second-order valence-electron chi connectivity index (χ2n) is 5.17.